The van der Waals surface area contributed by atoms with Gasteiger partial charge in [0.15, 0.2) is 6.04 Å². The first kappa shape index (κ1) is 17.9. The molecular formula is C17H26N3O2S+. The Labute approximate surface area is 139 Å². The minimum absolute atomic E-state index is 0.0883. The number of nitrogens with one attached hydrogen (secondary N) is 1. The molecule has 1 saturated heterocycles. The molecule has 0 spiro atoms. The van der Waals surface area contributed by atoms with Crippen molar-refractivity contribution in [1.82, 2.24) is 4.31 Å². The lowest BCUT2D eigenvalue weighted by molar-refractivity contribution is -0.918. The Morgan fingerprint density at radius 2 is 1.78 bits per heavy atom. The highest BCUT2D eigenvalue weighted by Gasteiger charge is 2.32. The average molecular weight is 336 g/mol. The van der Waals surface area contributed by atoms with E-state index in [4.69, 9.17) is 5.26 Å². The third-order valence-electron chi connectivity index (χ3n) is 4.87. The van der Waals surface area contributed by atoms with Gasteiger partial charge in [-0.2, -0.15) is 9.57 Å². The van der Waals surface area contributed by atoms with E-state index >= 15 is 0 Å². The van der Waals surface area contributed by atoms with Crippen LogP contribution >= 0.6 is 0 Å². The van der Waals surface area contributed by atoms with Gasteiger partial charge in [-0.05, 0) is 30.0 Å². The first-order valence-corrected chi connectivity index (χ1v) is 9.68. The standard InChI is InChI=1S/C17H25N3O2S/c1-4-14(2)16-5-7-17(8-6-16)23(21,22)20-11-9-19(10-12-20)15(3)13-18/h5-8,14-15H,4,9-12H2,1-3H3/p+1/t14-,15+/m1/s1. The van der Waals surface area contributed by atoms with E-state index in [1.165, 1.54) is 5.56 Å². The average Bonchev–Trinajstić information content (AvgIpc) is 2.60. The molecule has 5 nitrogen and oxygen atoms in total. The third-order valence-corrected chi connectivity index (χ3v) is 6.78. The zero-order valence-corrected chi connectivity index (χ0v) is 14.9. The van der Waals surface area contributed by atoms with Crippen LogP contribution < -0.4 is 4.90 Å². The van der Waals surface area contributed by atoms with Crippen LogP contribution in [0.4, 0.5) is 0 Å². The van der Waals surface area contributed by atoms with Gasteiger partial charge in [0.2, 0.25) is 10.0 Å². The van der Waals surface area contributed by atoms with E-state index in [0.717, 1.165) is 11.3 Å². The van der Waals surface area contributed by atoms with Crippen molar-refractivity contribution in [3.8, 4) is 6.07 Å². The number of hydrogen-bond acceptors (Lipinski definition) is 3. The Kier molecular flexibility index (Phi) is 5.79. The van der Waals surface area contributed by atoms with Crippen LogP contribution in [-0.2, 0) is 10.0 Å². The molecule has 0 amide bonds. The molecule has 6 heteroatoms. The zero-order chi connectivity index (χ0) is 17.0. The van der Waals surface area contributed by atoms with Gasteiger partial charge in [0, 0.05) is 6.92 Å². The van der Waals surface area contributed by atoms with E-state index < -0.39 is 10.0 Å². The lowest BCUT2D eigenvalue weighted by atomic mass is 9.99. The van der Waals surface area contributed by atoms with Crippen molar-refractivity contribution in [3.63, 3.8) is 0 Å². The summed E-state index contributed by atoms with van der Waals surface area (Å²) < 4.78 is 27.0. The van der Waals surface area contributed by atoms with Crippen molar-refractivity contribution in [2.24, 2.45) is 0 Å². The molecule has 0 radical (unpaired) electrons. The largest absolute Gasteiger partial charge is 0.319 e. The van der Waals surface area contributed by atoms with Crippen LogP contribution in [0.1, 0.15) is 38.7 Å². The second-order valence-electron chi connectivity index (χ2n) is 6.29. The highest BCUT2D eigenvalue weighted by atomic mass is 32.2. The van der Waals surface area contributed by atoms with Gasteiger partial charge in [-0.3, -0.25) is 0 Å². The van der Waals surface area contributed by atoms with Crippen molar-refractivity contribution in [2.45, 2.75) is 44.0 Å². The van der Waals surface area contributed by atoms with Gasteiger partial charge in [0.1, 0.15) is 6.07 Å². The molecule has 2 atom stereocenters. The number of piperazine rings is 1. The lowest BCUT2D eigenvalue weighted by Crippen LogP contribution is -3.17. The maximum atomic E-state index is 12.7. The van der Waals surface area contributed by atoms with Crippen LogP contribution in [0.25, 0.3) is 0 Å². The van der Waals surface area contributed by atoms with Crippen LogP contribution in [0.5, 0.6) is 0 Å². The topological polar surface area (TPSA) is 65.6 Å². The Hall–Kier alpha value is -1.42. The van der Waals surface area contributed by atoms with Gasteiger partial charge in [-0.1, -0.05) is 26.0 Å². The van der Waals surface area contributed by atoms with Crippen molar-refractivity contribution in [2.75, 3.05) is 26.2 Å². The normalized spacial score (nSPS) is 19.9. The van der Waals surface area contributed by atoms with Crippen molar-refractivity contribution >= 4 is 10.0 Å². The SMILES string of the molecule is CC[C@@H](C)c1ccc(S(=O)(=O)N2CC[NH+]([C@@H](C)C#N)CC2)cc1. The molecule has 126 valence electrons. The summed E-state index contributed by atoms with van der Waals surface area (Å²) in [6.45, 7) is 8.44. The van der Waals surface area contributed by atoms with E-state index in [1.807, 2.05) is 19.1 Å². The predicted octanol–water partition coefficient (Wildman–Crippen LogP) is 1.00. The Balaban J connectivity index is 2.09. The van der Waals surface area contributed by atoms with Crippen LogP contribution in [0, 0.1) is 11.3 Å². The summed E-state index contributed by atoms with van der Waals surface area (Å²) in [5.74, 6) is 0.436. The zero-order valence-electron chi connectivity index (χ0n) is 14.1. The van der Waals surface area contributed by atoms with Crippen LogP contribution in [0.15, 0.2) is 29.2 Å². The van der Waals surface area contributed by atoms with Gasteiger partial charge in [-0.15, -0.1) is 0 Å². The van der Waals surface area contributed by atoms with Crippen LogP contribution in [-0.4, -0.2) is 44.9 Å². The fourth-order valence-electron chi connectivity index (χ4n) is 2.89. The summed E-state index contributed by atoms with van der Waals surface area (Å²) in [5, 5.41) is 8.98. The van der Waals surface area contributed by atoms with Crippen molar-refractivity contribution < 1.29 is 13.3 Å². The molecule has 1 aromatic carbocycles. The molecule has 2 rings (SSSR count). The molecule has 1 aliphatic heterocycles. The molecule has 1 aliphatic rings. The van der Waals surface area contributed by atoms with E-state index in [9.17, 15) is 8.42 Å². The maximum absolute atomic E-state index is 12.7. The number of benzene rings is 1. The van der Waals surface area contributed by atoms with E-state index in [-0.39, 0.29) is 6.04 Å². The van der Waals surface area contributed by atoms with Crippen LogP contribution in [0.2, 0.25) is 0 Å². The first-order chi connectivity index (χ1) is 10.9. The number of rotatable bonds is 5. The fourth-order valence-corrected chi connectivity index (χ4v) is 4.33. The van der Waals surface area contributed by atoms with Crippen molar-refractivity contribution in [3.05, 3.63) is 29.8 Å². The highest BCUT2D eigenvalue weighted by molar-refractivity contribution is 7.89. The molecule has 1 heterocycles. The molecule has 1 N–H and O–H groups in total. The quantitative estimate of drug-likeness (QED) is 0.872. The maximum Gasteiger partial charge on any atom is 0.243 e. The minimum Gasteiger partial charge on any atom is -0.319 e. The summed E-state index contributed by atoms with van der Waals surface area (Å²) in [5.41, 5.74) is 1.17. The van der Waals surface area contributed by atoms with E-state index in [1.54, 1.807) is 16.4 Å². The highest BCUT2D eigenvalue weighted by Crippen LogP contribution is 2.22. The van der Waals surface area contributed by atoms with Gasteiger partial charge < -0.3 is 4.90 Å². The molecule has 23 heavy (non-hydrogen) atoms. The minimum atomic E-state index is -3.43. The number of nitriles is 1. The number of hydrogen-bond donors (Lipinski definition) is 1. The molecule has 0 bridgehead atoms. The van der Waals surface area contributed by atoms with Crippen molar-refractivity contribution in [1.29, 1.82) is 5.26 Å². The van der Waals surface area contributed by atoms with Gasteiger partial charge in [0.25, 0.3) is 0 Å². The summed E-state index contributed by atoms with van der Waals surface area (Å²) in [6, 6.07) is 9.42. The molecule has 0 aliphatic carbocycles. The number of quaternary nitrogens is 1. The Bertz CT molecular complexity index is 656. The van der Waals surface area contributed by atoms with Gasteiger partial charge >= 0.3 is 0 Å². The summed E-state index contributed by atoms with van der Waals surface area (Å²) in [7, 11) is -3.43. The monoisotopic (exact) mass is 336 g/mol. The Morgan fingerprint density at radius 1 is 1.22 bits per heavy atom. The van der Waals surface area contributed by atoms with Gasteiger partial charge in [0.05, 0.1) is 31.1 Å². The summed E-state index contributed by atoms with van der Waals surface area (Å²) in [4.78, 5) is 1.52. The molecule has 0 aromatic heterocycles. The second-order valence-corrected chi connectivity index (χ2v) is 8.23. The number of sulfonamides is 1. The predicted molar refractivity (Wildman–Crippen MR) is 89.7 cm³/mol. The molecule has 1 fully saturated rings. The summed E-state index contributed by atoms with van der Waals surface area (Å²) in [6.07, 6.45) is 1.04. The molecule has 0 unspecified atom stereocenters. The summed E-state index contributed by atoms with van der Waals surface area (Å²) >= 11 is 0. The van der Waals surface area contributed by atoms with E-state index in [2.05, 4.69) is 19.9 Å². The molecule has 0 saturated carbocycles. The van der Waals surface area contributed by atoms with Gasteiger partial charge in [-0.25, -0.2) is 8.42 Å². The number of nitrogens with zero attached hydrogens (tertiary/aromatic N) is 2. The molecule has 1 aromatic rings. The fraction of sp³-hybridized carbons (Fsp3) is 0.588. The Morgan fingerprint density at radius 3 is 2.26 bits per heavy atom. The first-order valence-electron chi connectivity index (χ1n) is 8.24. The second kappa shape index (κ2) is 7.43. The lowest BCUT2D eigenvalue weighted by Gasteiger charge is -2.32. The molecular weight excluding hydrogens is 310 g/mol. The van der Waals surface area contributed by atoms with Crippen LogP contribution in [0.3, 0.4) is 0 Å². The van der Waals surface area contributed by atoms with E-state index in [0.29, 0.717) is 37.0 Å². The third kappa shape index (κ3) is 3.92. The smallest absolute Gasteiger partial charge is 0.243 e.